The van der Waals surface area contributed by atoms with Crippen LogP contribution in [0.25, 0.3) is 0 Å². The van der Waals surface area contributed by atoms with E-state index in [4.69, 9.17) is 14.8 Å². The summed E-state index contributed by atoms with van der Waals surface area (Å²) in [6, 6.07) is 7.86. The number of para-hydroxylation sites is 1. The molecule has 2 rings (SSSR count). The van der Waals surface area contributed by atoms with Crippen LogP contribution in [-0.2, 0) is 16.3 Å². The first-order valence-corrected chi connectivity index (χ1v) is 4.66. The van der Waals surface area contributed by atoms with E-state index in [0.717, 1.165) is 11.3 Å². The third kappa shape index (κ3) is 1.87. The van der Waals surface area contributed by atoms with E-state index in [-0.39, 0.29) is 6.61 Å². The Morgan fingerprint density at radius 3 is 3.14 bits per heavy atom. The predicted octanol–water partition coefficient (Wildman–Crippen LogP) is 1.25. The molecular weight excluding hydrogens is 182 g/mol. The SMILES string of the molecule is OCCCON1OCc2ccccc21. The number of benzene rings is 1. The molecule has 0 atom stereocenters. The summed E-state index contributed by atoms with van der Waals surface area (Å²) in [4.78, 5) is 10.6. The molecule has 0 spiro atoms. The second-order valence-electron chi connectivity index (χ2n) is 3.07. The van der Waals surface area contributed by atoms with E-state index < -0.39 is 0 Å². The van der Waals surface area contributed by atoms with Crippen LogP contribution >= 0.6 is 0 Å². The summed E-state index contributed by atoms with van der Waals surface area (Å²) in [6.07, 6.45) is 0.613. The summed E-state index contributed by atoms with van der Waals surface area (Å²) in [5, 5.41) is 10.0. The van der Waals surface area contributed by atoms with Crippen LogP contribution in [0.1, 0.15) is 12.0 Å². The molecule has 0 amide bonds. The molecule has 0 radical (unpaired) electrons. The highest BCUT2D eigenvalue weighted by molar-refractivity contribution is 5.51. The molecule has 0 saturated carbocycles. The summed E-state index contributed by atoms with van der Waals surface area (Å²) >= 11 is 0. The van der Waals surface area contributed by atoms with Crippen LogP contribution in [-0.4, -0.2) is 18.3 Å². The number of aliphatic hydroxyl groups is 1. The van der Waals surface area contributed by atoms with Crippen molar-refractivity contribution in [1.29, 1.82) is 0 Å². The summed E-state index contributed by atoms with van der Waals surface area (Å²) in [6.45, 7) is 1.15. The van der Waals surface area contributed by atoms with Crippen LogP contribution in [0.3, 0.4) is 0 Å². The molecule has 1 aliphatic rings. The minimum absolute atomic E-state index is 0.134. The van der Waals surface area contributed by atoms with Crippen LogP contribution < -0.4 is 5.23 Å². The molecule has 0 bridgehead atoms. The van der Waals surface area contributed by atoms with Gasteiger partial charge in [0.25, 0.3) is 0 Å². The smallest absolute Gasteiger partial charge is 0.105 e. The topological polar surface area (TPSA) is 41.9 Å². The van der Waals surface area contributed by atoms with Crippen molar-refractivity contribution in [3.05, 3.63) is 29.8 Å². The van der Waals surface area contributed by atoms with Gasteiger partial charge in [-0.05, 0) is 12.5 Å². The minimum Gasteiger partial charge on any atom is -0.396 e. The lowest BCUT2D eigenvalue weighted by molar-refractivity contribution is -0.0854. The van der Waals surface area contributed by atoms with E-state index in [9.17, 15) is 0 Å². The number of fused-ring (bicyclic) bond motifs is 1. The number of hydrogen-bond donors (Lipinski definition) is 1. The van der Waals surface area contributed by atoms with Crippen molar-refractivity contribution in [2.24, 2.45) is 0 Å². The maximum absolute atomic E-state index is 8.60. The van der Waals surface area contributed by atoms with Gasteiger partial charge in [0.05, 0.1) is 6.61 Å². The van der Waals surface area contributed by atoms with Crippen molar-refractivity contribution in [2.45, 2.75) is 13.0 Å². The second kappa shape index (κ2) is 4.41. The highest BCUT2D eigenvalue weighted by atomic mass is 17.0. The molecule has 1 aliphatic heterocycles. The van der Waals surface area contributed by atoms with Crippen molar-refractivity contribution >= 4 is 5.69 Å². The minimum atomic E-state index is 0.134. The highest BCUT2D eigenvalue weighted by Gasteiger charge is 2.19. The molecule has 0 aliphatic carbocycles. The molecule has 4 nitrogen and oxygen atoms in total. The fraction of sp³-hybridized carbons (Fsp3) is 0.400. The first-order chi connectivity index (χ1) is 6.92. The van der Waals surface area contributed by atoms with Crippen molar-refractivity contribution in [3.8, 4) is 0 Å². The Kier molecular flexibility index (Phi) is 2.98. The molecule has 0 fully saturated rings. The number of nitrogens with zero attached hydrogens (tertiary/aromatic N) is 1. The molecule has 0 unspecified atom stereocenters. The fourth-order valence-corrected chi connectivity index (χ4v) is 1.33. The predicted molar refractivity (Wildman–Crippen MR) is 51.4 cm³/mol. The standard InChI is InChI=1S/C10H13NO3/c12-6-3-7-13-11-10-5-2-1-4-9(10)8-14-11/h1-2,4-5,12H,3,6-8H2. The van der Waals surface area contributed by atoms with Crippen LogP contribution in [0.2, 0.25) is 0 Å². The van der Waals surface area contributed by atoms with Gasteiger partial charge in [0.2, 0.25) is 0 Å². The molecule has 0 aromatic heterocycles. The van der Waals surface area contributed by atoms with Gasteiger partial charge in [-0.1, -0.05) is 18.2 Å². The number of hydrogen-bond acceptors (Lipinski definition) is 4. The van der Waals surface area contributed by atoms with E-state index in [2.05, 4.69) is 0 Å². The van der Waals surface area contributed by atoms with Crippen molar-refractivity contribution in [2.75, 3.05) is 18.4 Å². The Hall–Kier alpha value is -1.10. The zero-order valence-electron chi connectivity index (χ0n) is 7.85. The number of rotatable bonds is 4. The van der Waals surface area contributed by atoms with Gasteiger partial charge in [-0.15, -0.1) is 5.23 Å². The van der Waals surface area contributed by atoms with Crippen LogP contribution in [0.15, 0.2) is 24.3 Å². The zero-order valence-corrected chi connectivity index (χ0v) is 7.85. The van der Waals surface area contributed by atoms with Crippen LogP contribution in [0.4, 0.5) is 5.69 Å². The average molecular weight is 195 g/mol. The first kappa shape index (κ1) is 9.45. The van der Waals surface area contributed by atoms with Gasteiger partial charge >= 0.3 is 0 Å². The lowest BCUT2D eigenvalue weighted by Crippen LogP contribution is -2.19. The lowest BCUT2D eigenvalue weighted by Gasteiger charge is -2.15. The van der Waals surface area contributed by atoms with Gasteiger partial charge in [0.15, 0.2) is 0 Å². The lowest BCUT2D eigenvalue weighted by atomic mass is 10.2. The molecule has 1 aromatic rings. The maximum Gasteiger partial charge on any atom is 0.105 e. The zero-order chi connectivity index (χ0) is 9.80. The van der Waals surface area contributed by atoms with E-state index in [0.29, 0.717) is 19.6 Å². The van der Waals surface area contributed by atoms with Crippen LogP contribution in [0, 0.1) is 0 Å². The summed E-state index contributed by atoms with van der Waals surface area (Å²) in [7, 11) is 0. The van der Waals surface area contributed by atoms with E-state index in [1.54, 1.807) is 0 Å². The van der Waals surface area contributed by atoms with Gasteiger partial charge < -0.3 is 5.11 Å². The van der Waals surface area contributed by atoms with Crippen molar-refractivity contribution in [3.63, 3.8) is 0 Å². The highest BCUT2D eigenvalue weighted by Crippen LogP contribution is 2.28. The van der Waals surface area contributed by atoms with E-state index in [1.165, 1.54) is 5.23 Å². The molecule has 1 N–H and O–H groups in total. The molecule has 1 heterocycles. The monoisotopic (exact) mass is 195 g/mol. The molecule has 76 valence electrons. The summed E-state index contributed by atoms with van der Waals surface area (Å²) in [5.41, 5.74) is 2.07. The third-order valence-electron chi connectivity index (χ3n) is 2.04. The van der Waals surface area contributed by atoms with Gasteiger partial charge in [0.1, 0.15) is 12.3 Å². The normalized spacial score (nSPS) is 14.5. The molecule has 4 heteroatoms. The van der Waals surface area contributed by atoms with Gasteiger partial charge in [0, 0.05) is 12.2 Å². The Labute approximate surface area is 82.6 Å². The number of anilines is 1. The van der Waals surface area contributed by atoms with Gasteiger partial charge in [-0.3, -0.25) is 0 Å². The first-order valence-electron chi connectivity index (χ1n) is 4.66. The Bertz CT molecular complexity index is 303. The number of aliphatic hydroxyl groups excluding tert-OH is 1. The largest absolute Gasteiger partial charge is 0.396 e. The Morgan fingerprint density at radius 1 is 1.43 bits per heavy atom. The van der Waals surface area contributed by atoms with Gasteiger partial charge in [-0.25, -0.2) is 9.68 Å². The summed E-state index contributed by atoms with van der Waals surface area (Å²) in [5.74, 6) is 0. The molecular formula is C10H13NO3. The van der Waals surface area contributed by atoms with E-state index in [1.807, 2.05) is 24.3 Å². The third-order valence-corrected chi connectivity index (χ3v) is 2.04. The van der Waals surface area contributed by atoms with Crippen molar-refractivity contribution in [1.82, 2.24) is 0 Å². The summed E-state index contributed by atoms with van der Waals surface area (Å²) < 4.78 is 0. The molecule has 0 saturated heterocycles. The van der Waals surface area contributed by atoms with Gasteiger partial charge in [-0.2, -0.15) is 0 Å². The molecule has 1 aromatic carbocycles. The van der Waals surface area contributed by atoms with Crippen LogP contribution in [0.5, 0.6) is 0 Å². The van der Waals surface area contributed by atoms with Crippen molar-refractivity contribution < 1.29 is 14.8 Å². The Morgan fingerprint density at radius 2 is 2.29 bits per heavy atom. The second-order valence-corrected chi connectivity index (χ2v) is 3.07. The fourth-order valence-electron chi connectivity index (χ4n) is 1.33. The Balaban J connectivity index is 1.96. The quantitative estimate of drug-likeness (QED) is 0.734. The molecule has 14 heavy (non-hydrogen) atoms. The maximum atomic E-state index is 8.60. The van der Waals surface area contributed by atoms with E-state index >= 15 is 0 Å². The average Bonchev–Trinajstić information content (AvgIpc) is 2.63.